The fourth-order valence-electron chi connectivity index (χ4n) is 2.62. The summed E-state index contributed by atoms with van der Waals surface area (Å²) < 4.78 is 82.2. The van der Waals surface area contributed by atoms with Crippen LogP contribution < -0.4 is 4.72 Å². The Morgan fingerprint density at radius 2 is 1.50 bits per heavy atom. The van der Waals surface area contributed by atoms with E-state index in [1.807, 2.05) is 0 Å². The number of anilines is 1. The van der Waals surface area contributed by atoms with Gasteiger partial charge >= 0.3 is 0 Å². The van der Waals surface area contributed by atoms with Crippen LogP contribution in [0.5, 0.6) is 0 Å². The molecule has 3 nitrogen and oxygen atoms in total. The van der Waals surface area contributed by atoms with E-state index in [1.54, 1.807) is 4.72 Å². The lowest BCUT2D eigenvalue weighted by Gasteiger charge is -2.28. The van der Waals surface area contributed by atoms with Gasteiger partial charge in [0, 0.05) is 5.56 Å². The molecular weight excluding hydrogens is 512 g/mol. The van der Waals surface area contributed by atoms with Crippen molar-refractivity contribution in [2.24, 2.45) is 0 Å². The van der Waals surface area contributed by atoms with E-state index >= 15 is 0 Å². The highest BCUT2D eigenvalue weighted by atomic mass is 35.5. The molecule has 1 N–H and O–H groups in total. The van der Waals surface area contributed by atoms with Crippen LogP contribution in [0.25, 0.3) is 5.57 Å². The van der Waals surface area contributed by atoms with E-state index in [4.69, 9.17) is 46.4 Å². The van der Waals surface area contributed by atoms with E-state index in [2.05, 4.69) is 0 Å². The summed E-state index contributed by atoms with van der Waals surface area (Å²) in [7, 11) is -4.51. The molecule has 1 atom stereocenters. The minimum Gasteiger partial charge on any atom is -0.276 e. The molecule has 0 saturated heterocycles. The molecule has 160 valence electrons. The Balaban J connectivity index is 2.25. The van der Waals surface area contributed by atoms with Gasteiger partial charge in [0.25, 0.3) is 10.0 Å². The predicted octanol–water partition coefficient (Wildman–Crippen LogP) is 6.34. The van der Waals surface area contributed by atoms with Gasteiger partial charge < -0.3 is 0 Å². The summed E-state index contributed by atoms with van der Waals surface area (Å²) in [6, 6.07) is 6.60. The number of benzene rings is 2. The Morgan fingerprint density at radius 1 is 0.933 bits per heavy atom. The summed E-state index contributed by atoms with van der Waals surface area (Å²) in [4.78, 5) is -0.331. The van der Waals surface area contributed by atoms with Crippen LogP contribution in [0, 0.1) is 23.3 Å². The number of hydrogen-bond donors (Lipinski definition) is 1. The monoisotopic (exact) mass is 519 g/mol. The molecule has 0 heterocycles. The Bertz CT molecular complexity index is 1180. The summed E-state index contributed by atoms with van der Waals surface area (Å²) in [5.74, 6) is -8.20. The van der Waals surface area contributed by atoms with Crippen molar-refractivity contribution in [2.45, 2.75) is 14.6 Å². The van der Waals surface area contributed by atoms with Gasteiger partial charge in [-0.2, -0.15) is 0 Å². The predicted molar refractivity (Wildman–Crippen MR) is 110 cm³/mol. The van der Waals surface area contributed by atoms with E-state index in [9.17, 15) is 26.0 Å². The van der Waals surface area contributed by atoms with Crippen LogP contribution in [-0.4, -0.2) is 18.1 Å². The molecule has 1 aliphatic carbocycles. The third-order valence-electron chi connectivity index (χ3n) is 4.12. The molecule has 3 rings (SSSR count). The standard InChI is InChI=1S/C18H9Cl4F4NO2S/c19-10-6-8(7-11(20)18(10,21)22)12-13(23)14(24)15(25)16(26)17(12)27-30(28,29)9-4-2-1-3-5-9/h1-7,10,27H. The lowest BCUT2D eigenvalue weighted by molar-refractivity contribution is 0.410. The van der Waals surface area contributed by atoms with E-state index < -0.39 is 54.3 Å². The number of hydrogen-bond acceptors (Lipinski definition) is 2. The van der Waals surface area contributed by atoms with Crippen molar-refractivity contribution < 1.29 is 26.0 Å². The molecule has 0 radical (unpaired) electrons. The summed E-state index contributed by atoms with van der Waals surface area (Å²) in [5.41, 5.74) is -2.50. The first-order chi connectivity index (χ1) is 13.9. The lowest BCUT2D eigenvalue weighted by Crippen LogP contribution is -2.28. The third kappa shape index (κ3) is 4.03. The SMILES string of the molecule is O=S(=O)(Nc1c(F)c(F)c(F)c(F)c1C1=CC(Cl)C(Cl)(Cl)C(Cl)=C1)c1ccccc1. The number of nitrogens with one attached hydrogen (secondary N) is 1. The topological polar surface area (TPSA) is 46.2 Å². The molecule has 0 amide bonds. The van der Waals surface area contributed by atoms with Crippen LogP contribution in [0.3, 0.4) is 0 Å². The van der Waals surface area contributed by atoms with Gasteiger partial charge in [-0.25, -0.2) is 26.0 Å². The normalized spacial score (nSPS) is 18.6. The second-order valence-electron chi connectivity index (χ2n) is 6.06. The number of allylic oxidation sites excluding steroid dienone is 4. The number of halogens is 8. The van der Waals surface area contributed by atoms with Crippen molar-refractivity contribution in [1.82, 2.24) is 0 Å². The van der Waals surface area contributed by atoms with Crippen molar-refractivity contribution in [2.75, 3.05) is 4.72 Å². The molecule has 0 bridgehead atoms. The Morgan fingerprint density at radius 3 is 2.07 bits per heavy atom. The summed E-state index contributed by atoms with van der Waals surface area (Å²) in [6.07, 6.45) is 1.94. The first-order valence-corrected chi connectivity index (χ1v) is 11.0. The third-order valence-corrected chi connectivity index (χ3v) is 7.64. The Kier molecular flexibility index (Phi) is 6.38. The summed E-state index contributed by atoms with van der Waals surface area (Å²) >= 11 is 23.9. The molecule has 0 fully saturated rings. The van der Waals surface area contributed by atoms with Crippen LogP contribution in [-0.2, 0) is 10.0 Å². The smallest absolute Gasteiger partial charge is 0.262 e. The molecule has 12 heteroatoms. The van der Waals surface area contributed by atoms with Gasteiger partial charge in [0.2, 0.25) is 0 Å². The molecule has 2 aromatic rings. The van der Waals surface area contributed by atoms with Crippen LogP contribution in [0.2, 0.25) is 0 Å². The maximum absolute atomic E-state index is 14.7. The first-order valence-electron chi connectivity index (χ1n) is 7.93. The van der Waals surface area contributed by atoms with Crippen molar-refractivity contribution in [3.8, 4) is 0 Å². The van der Waals surface area contributed by atoms with Gasteiger partial charge in [0.15, 0.2) is 27.6 Å². The van der Waals surface area contributed by atoms with Crippen molar-refractivity contribution in [3.63, 3.8) is 0 Å². The maximum Gasteiger partial charge on any atom is 0.262 e. The number of sulfonamides is 1. The zero-order chi connectivity index (χ0) is 22.4. The van der Waals surface area contributed by atoms with Crippen LogP contribution in [0.4, 0.5) is 23.2 Å². The zero-order valence-corrected chi connectivity index (χ0v) is 18.2. The molecule has 30 heavy (non-hydrogen) atoms. The van der Waals surface area contributed by atoms with Crippen LogP contribution in [0.15, 0.2) is 52.4 Å². The summed E-state index contributed by atoms with van der Waals surface area (Å²) in [5, 5.41) is -1.62. The highest BCUT2D eigenvalue weighted by molar-refractivity contribution is 7.92. The highest BCUT2D eigenvalue weighted by Crippen LogP contribution is 2.47. The van der Waals surface area contributed by atoms with Crippen molar-refractivity contribution in [1.29, 1.82) is 0 Å². The molecule has 2 aromatic carbocycles. The van der Waals surface area contributed by atoms with Gasteiger partial charge in [-0.05, 0) is 23.8 Å². The average Bonchev–Trinajstić information content (AvgIpc) is 2.69. The van der Waals surface area contributed by atoms with Gasteiger partial charge in [0.1, 0.15) is 0 Å². The second-order valence-corrected chi connectivity index (χ2v) is 10.0. The molecule has 1 aliphatic rings. The van der Waals surface area contributed by atoms with Gasteiger partial charge in [-0.1, -0.05) is 59.1 Å². The van der Waals surface area contributed by atoms with Crippen molar-refractivity contribution >= 4 is 67.7 Å². The quantitative estimate of drug-likeness (QED) is 0.221. The highest BCUT2D eigenvalue weighted by Gasteiger charge is 2.40. The van der Waals surface area contributed by atoms with Gasteiger partial charge in [-0.15, -0.1) is 11.6 Å². The molecule has 0 aliphatic heterocycles. The van der Waals surface area contributed by atoms with Crippen molar-refractivity contribution in [3.05, 3.63) is 76.3 Å². The molecule has 0 aromatic heterocycles. The van der Waals surface area contributed by atoms with Gasteiger partial charge in [0.05, 0.1) is 21.0 Å². The largest absolute Gasteiger partial charge is 0.276 e. The molecule has 0 saturated carbocycles. The molecular formula is C18H9Cl4F4NO2S. The lowest BCUT2D eigenvalue weighted by atomic mass is 9.96. The fourth-order valence-corrected chi connectivity index (χ4v) is 4.49. The van der Waals surface area contributed by atoms with Crippen LogP contribution >= 0.6 is 46.4 Å². The van der Waals surface area contributed by atoms with E-state index in [0.717, 1.165) is 24.3 Å². The zero-order valence-electron chi connectivity index (χ0n) is 14.4. The number of rotatable bonds is 4. The van der Waals surface area contributed by atoms with Crippen LogP contribution in [0.1, 0.15) is 5.56 Å². The number of alkyl halides is 3. The minimum atomic E-state index is -4.51. The first kappa shape index (κ1) is 23.2. The van der Waals surface area contributed by atoms with E-state index in [1.165, 1.54) is 18.2 Å². The maximum atomic E-state index is 14.7. The van der Waals surface area contributed by atoms with E-state index in [0.29, 0.717) is 0 Å². The average molecular weight is 521 g/mol. The summed E-state index contributed by atoms with van der Waals surface area (Å²) in [6.45, 7) is 0. The Hall–Kier alpha value is -1.45. The molecule has 1 unspecified atom stereocenters. The minimum absolute atomic E-state index is 0.329. The Labute approximate surface area is 188 Å². The molecule has 0 spiro atoms. The fraction of sp³-hybridized carbons (Fsp3) is 0.111. The second kappa shape index (κ2) is 8.24. The van der Waals surface area contributed by atoms with E-state index in [-0.39, 0.29) is 15.5 Å². The van der Waals surface area contributed by atoms with Gasteiger partial charge in [-0.3, -0.25) is 4.72 Å².